The van der Waals surface area contributed by atoms with Gasteiger partial charge in [0.2, 0.25) is 0 Å². The molecule has 1 aliphatic rings. The molecule has 3 N–H and O–H groups in total. The minimum absolute atomic E-state index is 0.265. The van der Waals surface area contributed by atoms with Crippen LogP contribution in [0.5, 0.6) is 0 Å². The Kier molecular flexibility index (Phi) is 4.36. The molecule has 6 rings (SSSR count). The number of halogens is 1. The van der Waals surface area contributed by atoms with Crippen LogP contribution in [0.4, 0.5) is 4.39 Å². The number of aromatic amines is 2. The first-order chi connectivity index (χ1) is 15.7. The van der Waals surface area contributed by atoms with Crippen molar-refractivity contribution in [2.45, 2.75) is 13.3 Å². The van der Waals surface area contributed by atoms with Gasteiger partial charge in [0.1, 0.15) is 11.5 Å². The van der Waals surface area contributed by atoms with E-state index < -0.39 is 0 Å². The van der Waals surface area contributed by atoms with Gasteiger partial charge in [0.05, 0.1) is 11.4 Å². The van der Waals surface area contributed by atoms with E-state index in [9.17, 15) is 4.39 Å². The van der Waals surface area contributed by atoms with E-state index in [4.69, 9.17) is 0 Å². The van der Waals surface area contributed by atoms with Crippen molar-refractivity contribution in [2.75, 3.05) is 13.1 Å². The average Bonchev–Trinajstić information content (AvgIpc) is 3.42. The van der Waals surface area contributed by atoms with Crippen LogP contribution in [0.3, 0.4) is 0 Å². The second kappa shape index (κ2) is 7.39. The summed E-state index contributed by atoms with van der Waals surface area (Å²) in [6, 6.07) is 11.1. The van der Waals surface area contributed by atoms with Crippen molar-refractivity contribution in [3.8, 4) is 22.6 Å². The number of pyridine rings is 2. The Morgan fingerprint density at radius 1 is 0.969 bits per heavy atom. The lowest BCUT2D eigenvalue weighted by atomic mass is 10.0. The average molecular weight is 424 g/mol. The number of nitrogens with zero attached hydrogens (tertiary/aromatic N) is 3. The lowest BCUT2D eigenvalue weighted by Gasteiger charge is -2.13. The smallest absolute Gasteiger partial charge is 0.155 e. The van der Waals surface area contributed by atoms with Gasteiger partial charge in [-0.15, -0.1) is 0 Å². The summed E-state index contributed by atoms with van der Waals surface area (Å²) in [6.07, 6.45) is 6.84. The highest BCUT2D eigenvalue weighted by atomic mass is 19.1. The topological polar surface area (TPSA) is 82.3 Å². The molecule has 0 radical (unpaired) electrons. The van der Waals surface area contributed by atoms with Crippen molar-refractivity contribution in [1.82, 2.24) is 30.5 Å². The van der Waals surface area contributed by atoms with E-state index in [-0.39, 0.29) is 5.82 Å². The van der Waals surface area contributed by atoms with Crippen molar-refractivity contribution >= 4 is 27.5 Å². The summed E-state index contributed by atoms with van der Waals surface area (Å²) in [4.78, 5) is 12.6. The molecule has 0 spiro atoms. The van der Waals surface area contributed by atoms with Gasteiger partial charge in [-0.2, -0.15) is 5.10 Å². The maximum atomic E-state index is 14.0. The molecule has 0 bridgehead atoms. The Bertz CT molecular complexity index is 1490. The van der Waals surface area contributed by atoms with Gasteiger partial charge < -0.3 is 10.3 Å². The van der Waals surface area contributed by atoms with E-state index >= 15 is 0 Å². The van der Waals surface area contributed by atoms with Gasteiger partial charge in [0, 0.05) is 40.8 Å². The molecule has 1 aromatic carbocycles. The molecule has 6 nitrogen and oxygen atoms in total. The lowest BCUT2D eigenvalue weighted by Crippen LogP contribution is -2.20. The minimum Gasteiger partial charge on any atom is -0.353 e. The zero-order chi connectivity index (χ0) is 21.7. The summed E-state index contributed by atoms with van der Waals surface area (Å²) in [5.74, 6) is -0.265. The van der Waals surface area contributed by atoms with Crippen molar-refractivity contribution < 1.29 is 4.39 Å². The highest BCUT2D eigenvalue weighted by Gasteiger charge is 2.16. The number of rotatable bonds is 3. The summed E-state index contributed by atoms with van der Waals surface area (Å²) in [5.41, 5.74) is 8.12. The van der Waals surface area contributed by atoms with Crippen molar-refractivity contribution in [3.63, 3.8) is 0 Å². The van der Waals surface area contributed by atoms with Gasteiger partial charge in [-0.25, -0.2) is 9.37 Å². The third-order valence-electron chi connectivity index (χ3n) is 5.97. The van der Waals surface area contributed by atoms with Gasteiger partial charge in [0.15, 0.2) is 5.65 Å². The number of hydrogen-bond acceptors (Lipinski definition) is 4. The molecular formula is C25H21FN6. The third kappa shape index (κ3) is 3.18. The van der Waals surface area contributed by atoms with Crippen LogP contribution in [0, 0.1) is 12.7 Å². The molecule has 0 fully saturated rings. The molecule has 0 amide bonds. The first-order valence-corrected chi connectivity index (χ1v) is 10.7. The van der Waals surface area contributed by atoms with Gasteiger partial charge in [-0.3, -0.25) is 10.1 Å². The fraction of sp³-hybridized carbons (Fsp3) is 0.160. The summed E-state index contributed by atoms with van der Waals surface area (Å²) in [7, 11) is 0. The summed E-state index contributed by atoms with van der Waals surface area (Å²) < 4.78 is 14.0. The van der Waals surface area contributed by atoms with Crippen molar-refractivity contribution in [3.05, 3.63) is 71.8 Å². The van der Waals surface area contributed by atoms with Crippen LogP contribution in [-0.4, -0.2) is 38.2 Å². The van der Waals surface area contributed by atoms with Gasteiger partial charge in [-0.05, 0) is 73.0 Å². The van der Waals surface area contributed by atoms with E-state index in [0.29, 0.717) is 0 Å². The Hall–Kier alpha value is -3.84. The van der Waals surface area contributed by atoms with Gasteiger partial charge in [0.25, 0.3) is 0 Å². The van der Waals surface area contributed by atoms with E-state index in [0.717, 1.165) is 75.2 Å². The maximum Gasteiger partial charge on any atom is 0.155 e. The predicted molar refractivity (Wildman–Crippen MR) is 125 cm³/mol. The SMILES string of the molecule is Cc1cc(F)cc(-c2nccc3[nH]c(-c4n[nH]c5ncc(C6=CCNCC6)cc45)cc23)c1. The zero-order valence-electron chi connectivity index (χ0n) is 17.5. The van der Waals surface area contributed by atoms with E-state index in [1.165, 1.54) is 17.7 Å². The lowest BCUT2D eigenvalue weighted by molar-refractivity contribution is 0.627. The Balaban J connectivity index is 1.49. The van der Waals surface area contributed by atoms with Crippen molar-refractivity contribution in [2.24, 2.45) is 0 Å². The summed E-state index contributed by atoms with van der Waals surface area (Å²) >= 11 is 0. The highest BCUT2D eigenvalue weighted by molar-refractivity contribution is 5.99. The second-order valence-corrected chi connectivity index (χ2v) is 8.20. The Morgan fingerprint density at radius 2 is 1.91 bits per heavy atom. The Labute approximate surface area is 183 Å². The largest absolute Gasteiger partial charge is 0.353 e. The van der Waals surface area contributed by atoms with Crippen LogP contribution in [0.15, 0.2) is 54.9 Å². The molecule has 7 heteroatoms. The number of hydrogen-bond donors (Lipinski definition) is 3. The maximum absolute atomic E-state index is 14.0. The summed E-state index contributed by atoms with van der Waals surface area (Å²) in [6.45, 7) is 3.73. The van der Waals surface area contributed by atoms with E-state index in [1.54, 1.807) is 6.20 Å². The van der Waals surface area contributed by atoms with Crippen LogP contribution in [0.2, 0.25) is 0 Å². The molecule has 1 aliphatic heterocycles. The van der Waals surface area contributed by atoms with Crippen LogP contribution >= 0.6 is 0 Å². The monoisotopic (exact) mass is 424 g/mol. The number of benzene rings is 1. The first-order valence-electron chi connectivity index (χ1n) is 10.7. The number of aromatic nitrogens is 5. The standard InChI is InChI=1S/C25H21FN6/c1-14-8-16(10-18(26)9-14)23-19-12-22(30-21(19)4-7-28-23)24-20-11-17(13-29-25(20)32-31-24)15-2-5-27-6-3-15/h2,4,7-13,27,30H,3,5-6H2,1H3,(H,29,31,32). The van der Waals surface area contributed by atoms with E-state index in [2.05, 4.69) is 42.6 Å². The first kappa shape index (κ1) is 18.9. The second-order valence-electron chi connectivity index (χ2n) is 8.20. The molecular weight excluding hydrogens is 403 g/mol. The molecule has 4 aromatic heterocycles. The molecule has 5 aromatic rings. The molecule has 0 unspecified atom stereocenters. The molecule has 32 heavy (non-hydrogen) atoms. The number of H-pyrrole nitrogens is 2. The van der Waals surface area contributed by atoms with Crippen LogP contribution in [-0.2, 0) is 0 Å². The zero-order valence-corrected chi connectivity index (χ0v) is 17.5. The molecule has 158 valence electrons. The molecule has 0 saturated carbocycles. The Morgan fingerprint density at radius 3 is 2.75 bits per heavy atom. The summed E-state index contributed by atoms with van der Waals surface area (Å²) in [5, 5.41) is 12.8. The fourth-order valence-corrected chi connectivity index (χ4v) is 4.45. The van der Waals surface area contributed by atoms with Gasteiger partial charge >= 0.3 is 0 Å². The normalized spacial score (nSPS) is 14.2. The highest BCUT2D eigenvalue weighted by Crippen LogP contribution is 2.34. The molecule has 5 heterocycles. The number of aryl methyl sites for hydroxylation is 1. The fourth-order valence-electron chi connectivity index (χ4n) is 4.45. The van der Waals surface area contributed by atoms with Crippen LogP contribution in [0.25, 0.3) is 50.2 Å². The van der Waals surface area contributed by atoms with Crippen LogP contribution < -0.4 is 5.32 Å². The molecule has 0 atom stereocenters. The van der Waals surface area contributed by atoms with Crippen molar-refractivity contribution in [1.29, 1.82) is 0 Å². The molecule has 0 saturated heterocycles. The number of fused-ring (bicyclic) bond motifs is 2. The quantitative estimate of drug-likeness (QED) is 0.381. The third-order valence-corrected chi connectivity index (χ3v) is 5.97. The number of nitrogens with one attached hydrogen (secondary N) is 3. The van der Waals surface area contributed by atoms with Gasteiger partial charge in [-0.1, -0.05) is 6.08 Å². The minimum atomic E-state index is -0.265. The van der Waals surface area contributed by atoms with Crippen LogP contribution in [0.1, 0.15) is 17.5 Å². The molecule has 0 aliphatic carbocycles. The predicted octanol–water partition coefficient (Wildman–Crippen LogP) is 4.99. The van der Waals surface area contributed by atoms with E-state index in [1.807, 2.05) is 31.3 Å².